The van der Waals surface area contributed by atoms with Gasteiger partial charge in [0.2, 0.25) is 0 Å². The van der Waals surface area contributed by atoms with Crippen molar-refractivity contribution in [3.63, 3.8) is 0 Å². The van der Waals surface area contributed by atoms with E-state index in [2.05, 4.69) is 24.3 Å². The third-order valence-electron chi connectivity index (χ3n) is 4.93. The molecule has 6 atom stereocenters. The van der Waals surface area contributed by atoms with Crippen LogP contribution in [-0.4, -0.2) is 18.4 Å². The molecule has 0 heterocycles. The normalized spacial score (nSPS) is 46.9. The van der Waals surface area contributed by atoms with Gasteiger partial charge in [0.15, 0.2) is 0 Å². The fraction of sp³-hybridized carbons (Fsp3) is 0.667. The molecule has 96 valence electrons. The summed E-state index contributed by atoms with van der Waals surface area (Å²) in [6.45, 7) is 0. The molecule has 0 saturated heterocycles. The lowest BCUT2D eigenvalue weighted by molar-refractivity contribution is -0.0139. The maximum absolute atomic E-state index is 11.8. The van der Waals surface area contributed by atoms with E-state index in [0.717, 1.165) is 25.7 Å². The number of hydrogen-bond donors (Lipinski definition) is 0. The van der Waals surface area contributed by atoms with Gasteiger partial charge in [-0.3, -0.25) is 0 Å². The van der Waals surface area contributed by atoms with Gasteiger partial charge in [-0.05, 0) is 37.5 Å². The van der Waals surface area contributed by atoms with Gasteiger partial charge < -0.3 is 9.47 Å². The Balaban J connectivity index is 1.32. The van der Waals surface area contributed by atoms with Crippen molar-refractivity contribution in [1.82, 2.24) is 0 Å². The van der Waals surface area contributed by atoms with Crippen molar-refractivity contribution in [3.05, 3.63) is 24.3 Å². The van der Waals surface area contributed by atoms with Gasteiger partial charge in [0.05, 0.1) is 0 Å². The molecule has 4 rings (SSSR count). The standard InChI is InChI=1S/C15H18O3/c16-15(17-13-7-9-1-3-11(13)5-9)18-14-8-10-2-4-12(14)6-10/h1-4,9-14H,5-8H2. The van der Waals surface area contributed by atoms with E-state index in [0.29, 0.717) is 23.7 Å². The molecule has 0 radical (unpaired) electrons. The summed E-state index contributed by atoms with van der Waals surface area (Å²) in [6.07, 6.45) is 12.8. The van der Waals surface area contributed by atoms with Crippen LogP contribution in [0.1, 0.15) is 25.7 Å². The first kappa shape index (κ1) is 10.7. The molecule has 0 aromatic heterocycles. The van der Waals surface area contributed by atoms with Crippen LogP contribution in [0.2, 0.25) is 0 Å². The SMILES string of the molecule is O=C(OC1CC2C=CC1C2)OC1CC2C=CC1C2. The summed E-state index contributed by atoms with van der Waals surface area (Å²) in [5.74, 6) is 2.11. The zero-order valence-electron chi connectivity index (χ0n) is 10.3. The van der Waals surface area contributed by atoms with E-state index in [9.17, 15) is 4.79 Å². The predicted octanol–water partition coefficient (Wildman–Crippen LogP) is 3.07. The molecule has 0 aliphatic heterocycles. The molecule has 0 N–H and O–H groups in total. The fourth-order valence-electron chi connectivity index (χ4n) is 4.01. The van der Waals surface area contributed by atoms with Crippen molar-refractivity contribution in [3.8, 4) is 0 Å². The molecule has 4 aliphatic carbocycles. The third kappa shape index (κ3) is 1.68. The summed E-state index contributed by atoms with van der Waals surface area (Å²) >= 11 is 0. The Labute approximate surface area is 107 Å². The van der Waals surface area contributed by atoms with Gasteiger partial charge in [0.25, 0.3) is 0 Å². The maximum atomic E-state index is 11.8. The summed E-state index contributed by atoms with van der Waals surface area (Å²) in [4.78, 5) is 11.8. The smallest absolute Gasteiger partial charge is 0.430 e. The number of carbonyl (C=O) groups is 1. The van der Waals surface area contributed by atoms with Crippen LogP contribution < -0.4 is 0 Å². The molecule has 6 unspecified atom stereocenters. The van der Waals surface area contributed by atoms with E-state index in [-0.39, 0.29) is 12.2 Å². The molecule has 4 bridgehead atoms. The highest BCUT2D eigenvalue weighted by Crippen LogP contribution is 2.42. The fourth-order valence-corrected chi connectivity index (χ4v) is 4.01. The van der Waals surface area contributed by atoms with E-state index in [4.69, 9.17) is 9.47 Å². The van der Waals surface area contributed by atoms with E-state index in [1.165, 1.54) is 0 Å². The van der Waals surface area contributed by atoms with Crippen molar-refractivity contribution in [2.75, 3.05) is 0 Å². The van der Waals surface area contributed by atoms with Gasteiger partial charge >= 0.3 is 6.16 Å². The summed E-state index contributed by atoms with van der Waals surface area (Å²) < 4.78 is 11.0. The van der Waals surface area contributed by atoms with Gasteiger partial charge in [-0.15, -0.1) is 0 Å². The Morgan fingerprint density at radius 2 is 1.28 bits per heavy atom. The van der Waals surface area contributed by atoms with Crippen molar-refractivity contribution in [2.45, 2.75) is 37.9 Å². The molecular weight excluding hydrogens is 228 g/mol. The molecule has 4 aliphatic rings. The monoisotopic (exact) mass is 246 g/mol. The first-order valence-electron chi connectivity index (χ1n) is 7.02. The number of fused-ring (bicyclic) bond motifs is 4. The number of allylic oxidation sites excluding steroid dienone is 2. The van der Waals surface area contributed by atoms with Crippen LogP contribution >= 0.6 is 0 Å². The number of carbonyl (C=O) groups excluding carboxylic acids is 1. The molecule has 3 heteroatoms. The molecular formula is C15H18O3. The Hall–Kier alpha value is -1.25. The van der Waals surface area contributed by atoms with Crippen molar-refractivity contribution < 1.29 is 14.3 Å². The number of ether oxygens (including phenoxy) is 2. The molecule has 2 saturated carbocycles. The highest BCUT2D eigenvalue weighted by molar-refractivity contribution is 5.60. The summed E-state index contributed by atoms with van der Waals surface area (Å²) in [6, 6.07) is 0. The molecule has 18 heavy (non-hydrogen) atoms. The molecule has 0 spiro atoms. The average Bonchev–Trinajstić information content (AvgIpc) is 3.08. The van der Waals surface area contributed by atoms with Crippen LogP contribution in [0.4, 0.5) is 4.79 Å². The zero-order valence-corrected chi connectivity index (χ0v) is 10.3. The Bertz CT molecular complexity index is 387. The lowest BCUT2D eigenvalue weighted by Crippen LogP contribution is -2.28. The van der Waals surface area contributed by atoms with Crippen LogP contribution in [0.3, 0.4) is 0 Å². The summed E-state index contributed by atoms with van der Waals surface area (Å²) in [5.41, 5.74) is 0. The van der Waals surface area contributed by atoms with Crippen molar-refractivity contribution in [1.29, 1.82) is 0 Å². The molecule has 0 aromatic rings. The lowest BCUT2D eigenvalue weighted by atomic mass is 10.0. The summed E-state index contributed by atoms with van der Waals surface area (Å²) in [5, 5.41) is 0. The highest BCUT2D eigenvalue weighted by Gasteiger charge is 2.41. The largest absolute Gasteiger partial charge is 0.508 e. The Morgan fingerprint density at radius 1 is 0.778 bits per heavy atom. The van der Waals surface area contributed by atoms with Gasteiger partial charge in [-0.2, -0.15) is 0 Å². The van der Waals surface area contributed by atoms with E-state index in [1.54, 1.807) is 0 Å². The molecule has 2 fully saturated rings. The first-order valence-corrected chi connectivity index (χ1v) is 7.02. The van der Waals surface area contributed by atoms with Crippen LogP contribution in [0.25, 0.3) is 0 Å². The first-order chi connectivity index (χ1) is 8.78. The van der Waals surface area contributed by atoms with Gasteiger partial charge in [-0.1, -0.05) is 24.3 Å². The van der Waals surface area contributed by atoms with E-state index in [1.807, 2.05) is 0 Å². The number of hydrogen-bond acceptors (Lipinski definition) is 3. The van der Waals surface area contributed by atoms with E-state index < -0.39 is 6.16 Å². The van der Waals surface area contributed by atoms with Crippen LogP contribution in [0.15, 0.2) is 24.3 Å². The van der Waals surface area contributed by atoms with Gasteiger partial charge in [0.1, 0.15) is 12.2 Å². The number of rotatable bonds is 2. The average molecular weight is 246 g/mol. The minimum absolute atomic E-state index is 0.0571. The van der Waals surface area contributed by atoms with Gasteiger partial charge in [0, 0.05) is 11.8 Å². The quantitative estimate of drug-likeness (QED) is 0.555. The predicted molar refractivity (Wildman–Crippen MR) is 65.9 cm³/mol. The van der Waals surface area contributed by atoms with Crippen LogP contribution in [0.5, 0.6) is 0 Å². The second-order valence-corrected chi connectivity index (χ2v) is 6.12. The van der Waals surface area contributed by atoms with Crippen LogP contribution in [-0.2, 0) is 9.47 Å². The lowest BCUT2D eigenvalue weighted by Gasteiger charge is -2.22. The second kappa shape index (κ2) is 3.87. The Kier molecular flexibility index (Phi) is 2.29. The molecule has 3 nitrogen and oxygen atoms in total. The maximum Gasteiger partial charge on any atom is 0.508 e. The minimum Gasteiger partial charge on any atom is -0.430 e. The second-order valence-electron chi connectivity index (χ2n) is 6.12. The highest BCUT2D eigenvalue weighted by atomic mass is 16.7. The zero-order chi connectivity index (χ0) is 12.1. The molecule has 0 aromatic carbocycles. The van der Waals surface area contributed by atoms with Crippen LogP contribution in [0, 0.1) is 23.7 Å². The third-order valence-corrected chi connectivity index (χ3v) is 4.93. The molecule has 0 amide bonds. The summed E-state index contributed by atoms with van der Waals surface area (Å²) in [7, 11) is 0. The minimum atomic E-state index is -0.452. The van der Waals surface area contributed by atoms with Crippen molar-refractivity contribution in [2.24, 2.45) is 23.7 Å². The van der Waals surface area contributed by atoms with E-state index >= 15 is 0 Å². The van der Waals surface area contributed by atoms with Gasteiger partial charge in [-0.25, -0.2) is 4.79 Å². The Morgan fingerprint density at radius 3 is 1.61 bits per heavy atom. The topological polar surface area (TPSA) is 35.5 Å². The van der Waals surface area contributed by atoms with Crippen molar-refractivity contribution >= 4 is 6.16 Å².